The molecular formula is C35H31Cl2F3N4O4. The summed E-state index contributed by atoms with van der Waals surface area (Å²) in [5, 5.41) is 18.7. The third-order valence-corrected chi connectivity index (χ3v) is 8.42. The van der Waals surface area contributed by atoms with E-state index in [0.29, 0.717) is 33.4 Å². The number of aryl methyl sites for hydroxylation is 1. The zero-order chi connectivity index (χ0) is 34.6. The van der Waals surface area contributed by atoms with Crippen LogP contribution in [-0.4, -0.2) is 63.1 Å². The first-order valence-corrected chi connectivity index (χ1v) is 15.6. The van der Waals surface area contributed by atoms with Crippen molar-refractivity contribution in [3.05, 3.63) is 123 Å². The molecule has 0 spiro atoms. The van der Waals surface area contributed by atoms with Crippen molar-refractivity contribution in [1.82, 2.24) is 14.7 Å². The average Bonchev–Trinajstić information content (AvgIpc) is 3.48. The second kappa shape index (κ2) is 14.3. The van der Waals surface area contributed by atoms with Crippen LogP contribution in [0.4, 0.5) is 18.9 Å². The van der Waals surface area contributed by atoms with Gasteiger partial charge in [0.2, 0.25) is 0 Å². The maximum atomic E-state index is 14.4. The third-order valence-electron chi connectivity index (χ3n) is 7.79. The van der Waals surface area contributed by atoms with Crippen LogP contribution in [0.1, 0.15) is 38.8 Å². The fraction of sp³-hybridized carbons (Fsp3) is 0.229. The standard InChI is InChI=1S/C35H31Cl2F3N4O4/c1-3-43(32(45)31-27(36)10-7-11-28(31)37)21-34(47,35(38,39)40)20-41-29-16-22(2)17-30-26(29)18-42-44(30)25-14-12-24(13-15-25)33(46)48-19-23-8-5-4-6-9-23/h4-18,41,47H,3,19-21H2,1-2H3. The number of ether oxygens (including phenoxy) is 1. The molecule has 1 heterocycles. The van der Waals surface area contributed by atoms with Gasteiger partial charge in [0, 0.05) is 17.6 Å². The van der Waals surface area contributed by atoms with Crippen molar-refractivity contribution in [2.45, 2.75) is 32.2 Å². The Balaban J connectivity index is 1.36. The second-order valence-electron chi connectivity index (χ2n) is 11.2. The highest BCUT2D eigenvalue weighted by Crippen LogP contribution is 2.35. The van der Waals surface area contributed by atoms with Crippen LogP contribution in [0.3, 0.4) is 0 Å². The third kappa shape index (κ3) is 7.43. The van der Waals surface area contributed by atoms with Crippen molar-refractivity contribution in [3.8, 4) is 5.69 Å². The quantitative estimate of drug-likeness (QED) is 0.136. The van der Waals surface area contributed by atoms with Gasteiger partial charge in [-0.1, -0.05) is 59.6 Å². The highest BCUT2D eigenvalue weighted by molar-refractivity contribution is 6.39. The Hall–Kier alpha value is -4.58. The molecule has 0 aliphatic rings. The molecule has 0 aliphatic heterocycles. The Morgan fingerprint density at radius 1 is 0.979 bits per heavy atom. The molecule has 0 bridgehead atoms. The maximum absolute atomic E-state index is 14.4. The van der Waals surface area contributed by atoms with Gasteiger partial charge in [-0.05, 0) is 73.5 Å². The first-order valence-electron chi connectivity index (χ1n) is 14.9. The number of aromatic nitrogens is 2. The largest absolute Gasteiger partial charge is 0.457 e. The topological polar surface area (TPSA) is 96.7 Å². The van der Waals surface area contributed by atoms with E-state index >= 15 is 0 Å². The molecular weight excluding hydrogens is 668 g/mol. The van der Waals surface area contributed by atoms with Crippen LogP contribution in [0.15, 0.2) is 91.1 Å². The fourth-order valence-electron chi connectivity index (χ4n) is 5.15. The smallest absolute Gasteiger partial charge is 0.420 e. The Labute approximate surface area is 284 Å². The number of anilines is 1. The van der Waals surface area contributed by atoms with Crippen molar-refractivity contribution < 1.29 is 32.6 Å². The van der Waals surface area contributed by atoms with Gasteiger partial charge in [-0.3, -0.25) is 4.79 Å². The van der Waals surface area contributed by atoms with E-state index in [0.717, 1.165) is 10.5 Å². The van der Waals surface area contributed by atoms with Gasteiger partial charge in [-0.2, -0.15) is 18.3 Å². The molecule has 250 valence electrons. The van der Waals surface area contributed by atoms with Gasteiger partial charge in [0.15, 0.2) is 5.60 Å². The van der Waals surface area contributed by atoms with E-state index in [-0.39, 0.29) is 28.8 Å². The number of hydrogen-bond acceptors (Lipinski definition) is 6. The van der Waals surface area contributed by atoms with Crippen LogP contribution in [0.5, 0.6) is 0 Å². The Kier molecular flexibility index (Phi) is 10.3. The van der Waals surface area contributed by atoms with Crippen molar-refractivity contribution in [2.75, 3.05) is 25.0 Å². The van der Waals surface area contributed by atoms with E-state index in [2.05, 4.69) is 10.4 Å². The number of esters is 1. The number of carbonyl (C=O) groups excluding carboxylic acids is 2. The van der Waals surface area contributed by atoms with Gasteiger partial charge in [-0.15, -0.1) is 0 Å². The number of amides is 1. The molecule has 0 saturated carbocycles. The lowest BCUT2D eigenvalue weighted by atomic mass is 10.0. The minimum atomic E-state index is -5.12. The van der Waals surface area contributed by atoms with E-state index in [1.807, 2.05) is 36.4 Å². The van der Waals surface area contributed by atoms with Crippen molar-refractivity contribution >= 4 is 51.7 Å². The SMILES string of the molecule is CCN(CC(O)(CNc1cc(C)cc2c1cnn2-c1ccc(C(=O)OCc2ccccc2)cc1)C(F)(F)F)C(=O)c1c(Cl)cccc1Cl. The molecule has 1 unspecified atom stereocenters. The number of aliphatic hydroxyl groups is 1. The minimum absolute atomic E-state index is 0.0172. The number of rotatable bonds is 11. The van der Waals surface area contributed by atoms with Crippen molar-refractivity contribution in [2.24, 2.45) is 0 Å². The monoisotopic (exact) mass is 698 g/mol. The number of fused-ring (bicyclic) bond motifs is 1. The molecule has 0 radical (unpaired) electrons. The van der Waals surface area contributed by atoms with Crippen LogP contribution in [0.25, 0.3) is 16.6 Å². The van der Waals surface area contributed by atoms with Crippen LogP contribution in [0, 0.1) is 6.92 Å². The number of alkyl halides is 3. The Bertz CT molecular complexity index is 1910. The number of hydrogen-bond donors (Lipinski definition) is 2. The summed E-state index contributed by atoms with van der Waals surface area (Å²) in [6.45, 7) is 1.20. The summed E-state index contributed by atoms with van der Waals surface area (Å²) in [4.78, 5) is 26.7. The van der Waals surface area contributed by atoms with E-state index in [9.17, 15) is 27.9 Å². The summed E-state index contributed by atoms with van der Waals surface area (Å²) in [6.07, 6.45) is -3.62. The van der Waals surface area contributed by atoms with Gasteiger partial charge in [0.1, 0.15) is 6.61 Å². The number of likely N-dealkylation sites (N-methyl/N-ethyl adjacent to an activating group) is 1. The maximum Gasteiger partial charge on any atom is 0.420 e. The average molecular weight is 700 g/mol. The van der Waals surface area contributed by atoms with Crippen LogP contribution < -0.4 is 5.32 Å². The van der Waals surface area contributed by atoms with Crippen LogP contribution in [0.2, 0.25) is 10.0 Å². The number of nitrogens with zero attached hydrogens (tertiary/aromatic N) is 3. The molecule has 0 aliphatic carbocycles. The number of carbonyl (C=O) groups is 2. The molecule has 8 nitrogen and oxygen atoms in total. The first-order chi connectivity index (χ1) is 22.8. The molecule has 1 atom stereocenters. The minimum Gasteiger partial charge on any atom is -0.457 e. The van der Waals surface area contributed by atoms with Crippen LogP contribution >= 0.6 is 23.2 Å². The molecule has 5 aromatic rings. The summed E-state index contributed by atoms with van der Waals surface area (Å²) in [5.41, 5.74) is -0.112. The van der Waals surface area contributed by atoms with Crippen molar-refractivity contribution in [1.29, 1.82) is 0 Å². The summed E-state index contributed by atoms with van der Waals surface area (Å²) < 4.78 is 50.3. The van der Waals surface area contributed by atoms with Gasteiger partial charge < -0.3 is 20.1 Å². The van der Waals surface area contributed by atoms with Gasteiger partial charge in [-0.25, -0.2) is 9.48 Å². The van der Waals surface area contributed by atoms with Crippen LogP contribution in [-0.2, 0) is 11.3 Å². The molecule has 4 aromatic carbocycles. The lowest BCUT2D eigenvalue weighted by molar-refractivity contribution is -0.257. The fourth-order valence-corrected chi connectivity index (χ4v) is 5.71. The van der Waals surface area contributed by atoms with E-state index in [1.54, 1.807) is 41.9 Å². The number of benzene rings is 4. The van der Waals surface area contributed by atoms with E-state index < -0.39 is 36.7 Å². The number of nitrogens with one attached hydrogen (secondary N) is 1. The number of halogens is 5. The predicted octanol–water partition coefficient (Wildman–Crippen LogP) is 7.87. The molecule has 5 rings (SSSR count). The molecule has 13 heteroatoms. The predicted molar refractivity (Wildman–Crippen MR) is 179 cm³/mol. The summed E-state index contributed by atoms with van der Waals surface area (Å²) in [5.74, 6) is -1.33. The van der Waals surface area contributed by atoms with Crippen molar-refractivity contribution in [3.63, 3.8) is 0 Å². The lowest BCUT2D eigenvalue weighted by Gasteiger charge is -2.36. The zero-order valence-electron chi connectivity index (χ0n) is 25.9. The Morgan fingerprint density at radius 3 is 2.27 bits per heavy atom. The summed E-state index contributed by atoms with van der Waals surface area (Å²) in [7, 11) is 0. The lowest BCUT2D eigenvalue weighted by Crippen LogP contribution is -2.58. The first kappa shape index (κ1) is 34.7. The molecule has 0 saturated heterocycles. The molecule has 2 N–H and O–H groups in total. The zero-order valence-corrected chi connectivity index (χ0v) is 27.4. The molecule has 48 heavy (non-hydrogen) atoms. The van der Waals surface area contributed by atoms with E-state index in [4.69, 9.17) is 27.9 Å². The summed E-state index contributed by atoms with van der Waals surface area (Å²) >= 11 is 12.3. The highest BCUT2D eigenvalue weighted by Gasteiger charge is 2.55. The normalized spacial score (nSPS) is 12.8. The highest BCUT2D eigenvalue weighted by atomic mass is 35.5. The molecule has 1 aromatic heterocycles. The van der Waals surface area contributed by atoms with E-state index in [1.165, 1.54) is 31.3 Å². The molecule has 1 amide bonds. The van der Waals surface area contributed by atoms with Gasteiger partial charge in [0.25, 0.3) is 5.91 Å². The van der Waals surface area contributed by atoms with Gasteiger partial charge >= 0.3 is 12.1 Å². The molecule has 0 fully saturated rings. The van der Waals surface area contributed by atoms with Gasteiger partial charge in [0.05, 0.1) is 51.7 Å². The Morgan fingerprint density at radius 2 is 1.65 bits per heavy atom. The second-order valence-corrected chi connectivity index (χ2v) is 12.0. The summed E-state index contributed by atoms with van der Waals surface area (Å²) in [6, 6.07) is 23.7.